The number of sulfonamides is 1. The van der Waals surface area contributed by atoms with E-state index in [-0.39, 0.29) is 22.9 Å². The molecule has 0 aromatic heterocycles. The molecule has 39 heavy (non-hydrogen) atoms. The Hall–Kier alpha value is -3.37. The van der Waals surface area contributed by atoms with E-state index in [1.54, 1.807) is 20.2 Å². The van der Waals surface area contributed by atoms with Gasteiger partial charge in [-0.15, -0.1) is 0 Å². The zero-order valence-electron chi connectivity index (χ0n) is 22.9. The van der Waals surface area contributed by atoms with Gasteiger partial charge in [0.15, 0.2) is 5.82 Å². The van der Waals surface area contributed by atoms with Crippen molar-refractivity contribution in [2.75, 3.05) is 25.4 Å². The van der Waals surface area contributed by atoms with Crippen LogP contribution in [0.25, 0.3) is 0 Å². The van der Waals surface area contributed by atoms with E-state index in [9.17, 15) is 8.42 Å². The Morgan fingerprint density at radius 3 is 2.51 bits per heavy atom. The maximum absolute atomic E-state index is 15.7. The van der Waals surface area contributed by atoms with E-state index in [0.29, 0.717) is 24.4 Å². The quantitative estimate of drug-likeness (QED) is 0.140. The van der Waals surface area contributed by atoms with Gasteiger partial charge in [-0.1, -0.05) is 37.4 Å². The summed E-state index contributed by atoms with van der Waals surface area (Å²) in [6, 6.07) is 2.07. The standard InChI is InChI=1S/C28H35ClF2N4O3S/c1-9-22(29)15-26(19(5)38-8)39(36,37)34-24-13-12-23(30)27(28(24)31)21-11-14-25(35(10-2)16-21)17(3)18(4)33-20(6)32-7/h9-10,12-13,15,21,34H,2,4-5,11,14,16H2,1,3,6-8H3,(H,32,33)/b22-9+,25-17+,26-15+/t21-/m1/s1. The molecule has 1 fully saturated rings. The fraction of sp³-hybridized carbons (Fsp3) is 0.321. The summed E-state index contributed by atoms with van der Waals surface area (Å²) in [6.45, 7) is 17.1. The minimum Gasteiger partial charge on any atom is -0.496 e. The summed E-state index contributed by atoms with van der Waals surface area (Å²) in [5, 5.41) is 3.22. The van der Waals surface area contributed by atoms with Crippen molar-refractivity contribution in [1.29, 1.82) is 0 Å². The van der Waals surface area contributed by atoms with Crippen LogP contribution >= 0.6 is 11.6 Å². The summed E-state index contributed by atoms with van der Waals surface area (Å²) >= 11 is 6.00. The van der Waals surface area contributed by atoms with Crippen LogP contribution in [0.4, 0.5) is 14.5 Å². The predicted octanol–water partition coefficient (Wildman–Crippen LogP) is 6.64. The van der Waals surface area contributed by atoms with Crippen LogP contribution in [-0.4, -0.2) is 39.9 Å². The van der Waals surface area contributed by atoms with Gasteiger partial charge in [-0.2, -0.15) is 0 Å². The van der Waals surface area contributed by atoms with Gasteiger partial charge < -0.3 is 15.0 Å². The molecule has 0 saturated carbocycles. The van der Waals surface area contributed by atoms with Gasteiger partial charge in [0.1, 0.15) is 16.5 Å². The molecular formula is C28H35ClF2N4O3S. The molecule has 1 aliphatic rings. The number of ether oxygens (including phenoxy) is 1. The van der Waals surface area contributed by atoms with Gasteiger partial charge in [-0.25, -0.2) is 17.2 Å². The molecule has 2 rings (SSSR count). The SMILES string of the molecule is C=CN1C[C@H](c2c(F)ccc(NS(=O)(=O)/C(=C/C(Cl)=C\C)C(=C)OC)c2F)CC/C1=C(/C)C(=C)NC(C)=NC. The van der Waals surface area contributed by atoms with Crippen molar-refractivity contribution >= 4 is 33.1 Å². The van der Waals surface area contributed by atoms with E-state index in [0.717, 1.165) is 29.5 Å². The number of rotatable bonds is 10. The first-order valence-electron chi connectivity index (χ1n) is 12.1. The lowest BCUT2D eigenvalue weighted by Gasteiger charge is -2.36. The van der Waals surface area contributed by atoms with Gasteiger partial charge in [0.25, 0.3) is 10.0 Å². The summed E-state index contributed by atoms with van der Waals surface area (Å²) in [6.07, 6.45) is 5.10. The summed E-state index contributed by atoms with van der Waals surface area (Å²) in [5.74, 6) is -1.86. The van der Waals surface area contributed by atoms with Crippen molar-refractivity contribution in [3.63, 3.8) is 0 Å². The highest BCUT2D eigenvalue weighted by Gasteiger charge is 2.31. The van der Waals surface area contributed by atoms with Gasteiger partial charge in [0, 0.05) is 41.5 Å². The number of likely N-dealkylation sites (tertiary alicyclic amines) is 1. The number of piperidine rings is 1. The van der Waals surface area contributed by atoms with E-state index in [4.69, 9.17) is 16.3 Å². The minimum absolute atomic E-state index is 0.106. The van der Waals surface area contributed by atoms with Crippen LogP contribution in [0.5, 0.6) is 0 Å². The zero-order valence-corrected chi connectivity index (χ0v) is 24.4. The van der Waals surface area contributed by atoms with Crippen LogP contribution in [0.2, 0.25) is 0 Å². The van der Waals surface area contributed by atoms with E-state index < -0.39 is 38.2 Å². The van der Waals surface area contributed by atoms with Crippen molar-refractivity contribution < 1.29 is 21.9 Å². The third-order valence-corrected chi connectivity index (χ3v) is 8.14. The number of halogens is 3. The molecule has 1 aromatic carbocycles. The predicted molar refractivity (Wildman–Crippen MR) is 156 cm³/mol. The number of aliphatic imine (C=N–C) groups is 1. The lowest BCUT2D eigenvalue weighted by atomic mass is 9.87. The summed E-state index contributed by atoms with van der Waals surface area (Å²) in [5.41, 5.74) is 1.82. The number of amidine groups is 1. The van der Waals surface area contributed by atoms with Crippen LogP contribution in [0.15, 0.2) is 87.9 Å². The van der Waals surface area contributed by atoms with Gasteiger partial charge in [0.2, 0.25) is 0 Å². The molecule has 1 atom stereocenters. The molecule has 1 aromatic rings. The molecule has 1 saturated heterocycles. The first-order chi connectivity index (χ1) is 18.3. The number of anilines is 1. The topological polar surface area (TPSA) is 83.0 Å². The molecule has 2 N–H and O–H groups in total. The molecule has 1 heterocycles. The Morgan fingerprint density at radius 2 is 1.95 bits per heavy atom. The minimum atomic E-state index is -4.39. The molecule has 11 heteroatoms. The third kappa shape index (κ3) is 7.60. The Bertz CT molecular complexity index is 1380. The van der Waals surface area contributed by atoms with Gasteiger partial charge >= 0.3 is 0 Å². The maximum Gasteiger partial charge on any atom is 0.265 e. The third-order valence-electron chi connectivity index (χ3n) is 6.40. The lowest BCUT2D eigenvalue weighted by Crippen LogP contribution is -2.31. The monoisotopic (exact) mass is 580 g/mol. The molecule has 0 unspecified atom stereocenters. The number of hydrogen-bond acceptors (Lipinski definition) is 5. The number of nitrogens with one attached hydrogen (secondary N) is 2. The zero-order chi connectivity index (χ0) is 29.5. The van der Waals surface area contributed by atoms with E-state index in [1.165, 1.54) is 13.2 Å². The first-order valence-corrected chi connectivity index (χ1v) is 13.9. The Morgan fingerprint density at radius 1 is 1.28 bits per heavy atom. The highest BCUT2D eigenvalue weighted by atomic mass is 35.5. The molecular weight excluding hydrogens is 546 g/mol. The smallest absolute Gasteiger partial charge is 0.265 e. The second-order valence-electron chi connectivity index (χ2n) is 8.79. The van der Waals surface area contributed by atoms with Crippen molar-refractivity contribution in [3.8, 4) is 0 Å². The van der Waals surface area contributed by atoms with Gasteiger partial charge in [-0.05, 0) is 63.6 Å². The highest BCUT2D eigenvalue weighted by Crippen LogP contribution is 2.38. The van der Waals surface area contributed by atoms with E-state index in [2.05, 4.69) is 34.8 Å². The van der Waals surface area contributed by atoms with Gasteiger partial charge in [-0.3, -0.25) is 9.71 Å². The van der Waals surface area contributed by atoms with Crippen LogP contribution < -0.4 is 10.0 Å². The fourth-order valence-electron chi connectivity index (χ4n) is 4.10. The summed E-state index contributed by atoms with van der Waals surface area (Å²) in [7, 11) is -1.48. The molecule has 1 aliphatic heterocycles. The number of allylic oxidation sites excluding steroid dienone is 5. The normalized spacial score (nSPS) is 18.4. The fourth-order valence-corrected chi connectivity index (χ4v) is 5.49. The van der Waals surface area contributed by atoms with E-state index >= 15 is 8.78 Å². The molecule has 212 valence electrons. The lowest BCUT2D eigenvalue weighted by molar-refractivity contribution is 0.306. The van der Waals surface area contributed by atoms with Crippen molar-refractivity contribution in [1.82, 2.24) is 10.2 Å². The second-order valence-corrected chi connectivity index (χ2v) is 10.9. The molecule has 0 radical (unpaired) electrons. The van der Waals surface area contributed by atoms with Gasteiger partial charge in [0.05, 0.1) is 18.6 Å². The Balaban J connectivity index is 2.45. The van der Waals surface area contributed by atoms with Crippen LogP contribution in [0, 0.1) is 11.6 Å². The molecule has 0 spiro atoms. The number of hydrogen-bond donors (Lipinski definition) is 2. The average Bonchev–Trinajstić information content (AvgIpc) is 2.91. The number of benzene rings is 1. The molecule has 0 amide bonds. The van der Waals surface area contributed by atoms with Crippen LogP contribution in [0.1, 0.15) is 45.1 Å². The largest absolute Gasteiger partial charge is 0.496 e. The summed E-state index contributed by atoms with van der Waals surface area (Å²) in [4.78, 5) is 5.51. The summed E-state index contributed by atoms with van der Waals surface area (Å²) < 4.78 is 64.2. The number of nitrogens with zero attached hydrogens (tertiary/aromatic N) is 2. The Kier molecular flexibility index (Phi) is 11.1. The average molecular weight is 581 g/mol. The Labute approximate surface area is 235 Å². The van der Waals surface area contributed by atoms with Crippen molar-refractivity contribution in [3.05, 3.63) is 100 Å². The highest BCUT2D eigenvalue weighted by molar-refractivity contribution is 7.96. The van der Waals surface area contributed by atoms with Crippen molar-refractivity contribution in [2.24, 2.45) is 4.99 Å². The van der Waals surface area contributed by atoms with Crippen LogP contribution in [-0.2, 0) is 14.8 Å². The molecule has 0 bridgehead atoms. The first kappa shape index (κ1) is 31.8. The molecule has 7 nitrogen and oxygen atoms in total. The van der Waals surface area contributed by atoms with Crippen molar-refractivity contribution in [2.45, 2.75) is 39.5 Å². The van der Waals surface area contributed by atoms with Crippen LogP contribution in [0.3, 0.4) is 0 Å². The maximum atomic E-state index is 15.7. The molecule has 0 aliphatic carbocycles. The van der Waals surface area contributed by atoms with E-state index in [1.807, 2.05) is 18.7 Å². The second kappa shape index (κ2) is 13.6. The number of methoxy groups -OCH3 is 1.